The SMILES string of the molecule is O=C/C=C/c1ccc2c(c1)=C1c3ccccc3C=2C12SC=CS2. The number of thioether (sulfide) groups is 2. The summed E-state index contributed by atoms with van der Waals surface area (Å²) < 4.78 is -0.0149. The van der Waals surface area contributed by atoms with E-state index in [4.69, 9.17) is 0 Å². The fraction of sp³-hybridized carbons (Fsp3) is 0.0500. The van der Waals surface area contributed by atoms with Crippen molar-refractivity contribution in [3.05, 3.63) is 86.5 Å². The summed E-state index contributed by atoms with van der Waals surface area (Å²) in [6.45, 7) is 0. The van der Waals surface area contributed by atoms with Gasteiger partial charge in [-0.25, -0.2) is 0 Å². The average molecular weight is 332 g/mol. The van der Waals surface area contributed by atoms with Crippen LogP contribution in [0.1, 0.15) is 16.7 Å². The molecule has 2 bridgehead atoms. The molecule has 0 aromatic heterocycles. The fourth-order valence-electron chi connectivity index (χ4n) is 3.79. The molecule has 0 radical (unpaired) electrons. The number of allylic oxidation sites excluding steroid dienone is 1. The molecule has 1 aliphatic heterocycles. The minimum atomic E-state index is -0.0149. The summed E-state index contributed by atoms with van der Waals surface area (Å²) in [7, 11) is 0. The lowest BCUT2D eigenvalue weighted by Crippen LogP contribution is -2.27. The molecule has 0 unspecified atom stereocenters. The quantitative estimate of drug-likeness (QED) is 0.621. The molecular formula is C20H12OS2. The molecule has 2 aromatic rings. The highest BCUT2D eigenvalue weighted by Crippen LogP contribution is 2.64. The lowest BCUT2D eigenvalue weighted by atomic mass is 9.98. The van der Waals surface area contributed by atoms with Crippen molar-refractivity contribution in [2.45, 2.75) is 4.08 Å². The third kappa shape index (κ3) is 1.64. The van der Waals surface area contributed by atoms with Gasteiger partial charge >= 0.3 is 0 Å². The number of hydrogen-bond donors (Lipinski definition) is 0. The summed E-state index contributed by atoms with van der Waals surface area (Å²) in [6.07, 6.45) is 4.25. The number of rotatable bonds is 2. The Morgan fingerprint density at radius 2 is 1.57 bits per heavy atom. The van der Waals surface area contributed by atoms with Crippen LogP contribution >= 0.6 is 23.5 Å². The predicted molar refractivity (Wildman–Crippen MR) is 99.3 cm³/mol. The maximum absolute atomic E-state index is 10.6. The van der Waals surface area contributed by atoms with E-state index in [0.717, 1.165) is 11.8 Å². The van der Waals surface area contributed by atoms with Crippen molar-refractivity contribution in [3.63, 3.8) is 0 Å². The van der Waals surface area contributed by atoms with Crippen LogP contribution in [0.5, 0.6) is 0 Å². The van der Waals surface area contributed by atoms with Crippen molar-refractivity contribution in [2.75, 3.05) is 0 Å². The first-order valence-electron chi connectivity index (χ1n) is 7.47. The Balaban J connectivity index is 1.88. The molecule has 0 fully saturated rings. The van der Waals surface area contributed by atoms with Gasteiger partial charge in [0.2, 0.25) is 0 Å². The minimum absolute atomic E-state index is 0.0149. The van der Waals surface area contributed by atoms with Crippen LogP contribution in [-0.2, 0) is 4.79 Å². The van der Waals surface area contributed by atoms with Gasteiger partial charge in [0.1, 0.15) is 10.4 Å². The molecule has 0 amide bonds. The van der Waals surface area contributed by atoms with E-state index >= 15 is 0 Å². The molecule has 3 heteroatoms. The fourth-order valence-corrected chi connectivity index (χ4v) is 6.53. The number of hydrogen-bond acceptors (Lipinski definition) is 3. The molecule has 1 nitrogen and oxygen atoms in total. The molecule has 5 rings (SSSR count). The second kappa shape index (κ2) is 4.76. The van der Waals surface area contributed by atoms with E-state index in [2.05, 4.69) is 53.3 Å². The van der Waals surface area contributed by atoms with Gasteiger partial charge in [-0.1, -0.05) is 42.5 Å². The van der Waals surface area contributed by atoms with Crippen molar-refractivity contribution in [1.29, 1.82) is 0 Å². The number of benzene rings is 2. The number of carbonyl (C=O) groups is 1. The summed E-state index contributed by atoms with van der Waals surface area (Å²) in [5, 5.41) is 7.06. The molecule has 0 saturated heterocycles. The monoisotopic (exact) mass is 332 g/mol. The molecule has 1 spiro atoms. The maximum atomic E-state index is 10.6. The highest BCUT2D eigenvalue weighted by atomic mass is 32.2. The van der Waals surface area contributed by atoms with E-state index in [9.17, 15) is 4.79 Å². The van der Waals surface area contributed by atoms with Gasteiger partial charge in [-0.05, 0) is 61.2 Å². The van der Waals surface area contributed by atoms with Gasteiger partial charge in [0.05, 0.1) is 0 Å². The Hall–Kier alpha value is -1.97. The van der Waals surface area contributed by atoms with Crippen LogP contribution in [-0.4, -0.2) is 10.4 Å². The molecular weight excluding hydrogens is 320 g/mol. The highest BCUT2D eigenvalue weighted by molar-refractivity contribution is 8.25. The maximum Gasteiger partial charge on any atom is 0.142 e. The van der Waals surface area contributed by atoms with Gasteiger partial charge < -0.3 is 0 Å². The van der Waals surface area contributed by atoms with Gasteiger partial charge in [0, 0.05) is 0 Å². The van der Waals surface area contributed by atoms with Crippen LogP contribution in [0.4, 0.5) is 0 Å². The van der Waals surface area contributed by atoms with E-state index in [1.165, 1.54) is 32.7 Å². The largest absolute Gasteiger partial charge is 0.299 e. The number of fused-ring (bicyclic) bond motifs is 4. The summed E-state index contributed by atoms with van der Waals surface area (Å²) in [5.41, 5.74) is 6.65. The molecule has 0 N–H and O–H groups in total. The third-order valence-corrected chi connectivity index (χ3v) is 7.37. The van der Waals surface area contributed by atoms with Crippen molar-refractivity contribution in [1.82, 2.24) is 0 Å². The van der Waals surface area contributed by atoms with Crippen molar-refractivity contribution >= 4 is 47.0 Å². The van der Waals surface area contributed by atoms with Crippen molar-refractivity contribution in [3.8, 4) is 0 Å². The van der Waals surface area contributed by atoms with E-state index in [1.807, 2.05) is 29.6 Å². The molecule has 1 heterocycles. The average Bonchev–Trinajstić information content (AvgIpc) is 3.25. The summed E-state index contributed by atoms with van der Waals surface area (Å²) in [6, 6.07) is 15.2. The standard InChI is InChI=1S/C20H12OS2/c21-9-3-4-13-7-8-16-17(12-13)19-15-6-2-1-5-14(15)18(16)20(19)22-10-11-23-20/h1-12H/b4-3+. The van der Waals surface area contributed by atoms with Gasteiger partial charge in [0.25, 0.3) is 0 Å². The zero-order chi connectivity index (χ0) is 15.4. The first-order valence-corrected chi connectivity index (χ1v) is 9.23. The zero-order valence-corrected chi connectivity index (χ0v) is 13.8. The first kappa shape index (κ1) is 13.5. The zero-order valence-electron chi connectivity index (χ0n) is 12.2. The number of carbonyl (C=O) groups excluding carboxylic acids is 1. The predicted octanol–water partition coefficient (Wildman–Crippen LogP) is 3.27. The highest BCUT2D eigenvalue weighted by Gasteiger charge is 2.51. The Bertz CT molecular complexity index is 1040. The lowest BCUT2D eigenvalue weighted by Gasteiger charge is -2.22. The van der Waals surface area contributed by atoms with E-state index < -0.39 is 0 Å². The topological polar surface area (TPSA) is 17.1 Å². The molecule has 23 heavy (non-hydrogen) atoms. The second-order valence-corrected chi connectivity index (χ2v) is 8.22. The number of aldehydes is 1. The Morgan fingerprint density at radius 1 is 0.870 bits per heavy atom. The Kier molecular flexibility index (Phi) is 2.79. The molecule has 0 atom stereocenters. The van der Waals surface area contributed by atoms with Gasteiger partial charge in [0.15, 0.2) is 0 Å². The van der Waals surface area contributed by atoms with E-state index in [-0.39, 0.29) is 4.08 Å². The van der Waals surface area contributed by atoms with Crippen LogP contribution < -0.4 is 10.4 Å². The molecule has 110 valence electrons. The van der Waals surface area contributed by atoms with Gasteiger partial charge in [-0.3, -0.25) is 4.79 Å². The van der Waals surface area contributed by atoms with Crippen LogP contribution in [0.15, 0.2) is 59.4 Å². The lowest BCUT2D eigenvalue weighted by molar-refractivity contribution is -0.104. The minimum Gasteiger partial charge on any atom is -0.299 e. The van der Waals surface area contributed by atoms with Crippen LogP contribution in [0, 0.1) is 0 Å². The Labute approximate surface area is 142 Å². The molecule has 3 aliphatic rings. The Morgan fingerprint density at radius 3 is 2.26 bits per heavy atom. The third-order valence-electron chi connectivity index (χ3n) is 4.60. The first-order chi connectivity index (χ1) is 11.3. The van der Waals surface area contributed by atoms with Crippen molar-refractivity contribution in [2.24, 2.45) is 0 Å². The second-order valence-electron chi connectivity index (χ2n) is 5.72. The summed E-state index contributed by atoms with van der Waals surface area (Å²) >= 11 is 3.80. The van der Waals surface area contributed by atoms with Crippen molar-refractivity contribution < 1.29 is 4.79 Å². The summed E-state index contributed by atoms with van der Waals surface area (Å²) in [4.78, 5) is 10.6. The van der Waals surface area contributed by atoms with E-state index in [1.54, 1.807) is 6.08 Å². The smallest absolute Gasteiger partial charge is 0.142 e. The van der Waals surface area contributed by atoms with Gasteiger partial charge in [-0.15, -0.1) is 23.5 Å². The van der Waals surface area contributed by atoms with E-state index in [0.29, 0.717) is 0 Å². The van der Waals surface area contributed by atoms with Gasteiger partial charge in [-0.2, -0.15) is 0 Å². The molecule has 0 saturated carbocycles. The van der Waals surface area contributed by atoms with Crippen LogP contribution in [0.2, 0.25) is 0 Å². The normalized spacial score (nSPS) is 19.0. The van der Waals surface area contributed by atoms with Crippen LogP contribution in [0.3, 0.4) is 0 Å². The molecule has 2 aliphatic carbocycles. The summed E-state index contributed by atoms with van der Waals surface area (Å²) in [5.74, 6) is 0. The molecule has 2 aromatic carbocycles. The van der Waals surface area contributed by atoms with Crippen LogP contribution in [0.25, 0.3) is 17.2 Å².